The highest BCUT2D eigenvalue weighted by atomic mass is 32.2. The maximum absolute atomic E-state index is 13.9. The molecule has 0 saturated heterocycles. The van der Waals surface area contributed by atoms with Gasteiger partial charge in [0.05, 0.1) is 16.7 Å². The first kappa shape index (κ1) is 21.2. The molecule has 0 radical (unpaired) electrons. The molecule has 1 aliphatic rings. The standard InChI is InChI=1S/C21H19F3N2O2S/c1-2-12-5-8-17-15(9-12)18(21(22,23)24)16(10-25)19(26-17)29-11-13-3-6-14(7-4-13)20(27)28/h3-4,6-7,12H,2,5,8-9,11H2,1H3,(H,27,28)/t12-/m1/s1. The van der Waals surface area contributed by atoms with Gasteiger partial charge < -0.3 is 5.11 Å². The number of aromatic carboxylic acids is 1. The van der Waals surface area contributed by atoms with Crippen molar-refractivity contribution in [1.82, 2.24) is 4.98 Å². The van der Waals surface area contributed by atoms with Crippen LogP contribution in [0.5, 0.6) is 0 Å². The third kappa shape index (κ3) is 4.56. The molecule has 1 aromatic carbocycles. The van der Waals surface area contributed by atoms with Crippen molar-refractivity contribution in [3.05, 3.63) is 57.8 Å². The molecule has 1 atom stereocenters. The maximum Gasteiger partial charge on any atom is 0.418 e. The number of alkyl halides is 3. The van der Waals surface area contributed by atoms with Gasteiger partial charge in [-0.3, -0.25) is 0 Å². The number of aryl methyl sites for hydroxylation is 1. The van der Waals surface area contributed by atoms with E-state index >= 15 is 0 Å². The molecule has 1 heterocycles. The van der Waals surface area contributed by atoms with Crippen LogP contribution in [0.3, 0.4) is 0 Å². The summed E-state index contributed by atoms with van der Waals surface area (Å²) < 4.78 is 41.6. The number of rotatable bonds is 5. The zero-order valence-corrected chi connectivity index (χ0v) is 16.5. The molecular weight excluding hydrogens is 401 g/mol. The van der Waals surface area contributed by atoms with Gasteiger partial charge in [0.25, 0.3) is 0 Å². The van der Waals surface area contributed by atoms with E-state index in [9.17, 15) is 23.2 Å². The molecule has 0 fully saturated rings. The average Bonchev–Trinajstić information content (AvgIpc) is 2.70. The van der Waals surface area contributed by atoms with Gasteiger partial charge in [0.15, 0.2) is 0 Å². The quantitative estimate of drug-likeness (QED) is 0.649. The first-order valence-corrected chi connectivity index (χ1v) is 10.2. The smallest absolute Gasteiger partial charge is 0.418 e. The minimum Gasteiger partial charge on any atom is -0.478 e. The van der Waals surface area contributed by atoms with Crippen LogP contribution in [0.4, 0.5) is 13.2 Å². The van der Waals surface area contributed by atoms with Crippen LogP contribution in [0.15, 0.2) is 29.3 Å². The Kier molecular flexibility index (Phi) is 6.18. The van der Waals surface area contributed by atoms with E-state index in [-0.39, 0.29) is 27.8 Å². The van der Waals surface area contributed by atoms with Gasteiger partial charge in [0.1, 0.15) is 11.1 Å². The summed E-state index contributed by atoms with van der Waals surface area (Å²) in [6, 6.07) is 7.83. The van der Waals surface area contributed by atoms with Gasteiger partial charge >= 0.3 is 12.1 Å². The summed E-state index contributed by atoms with van der Waals surface area (Å²) in [5.74, 6) is -0.592. The number of fused-ring (bicyclic) bond motifs is 1. The highest BCUT2D eigenvalue weighted by molar-refractivity contribution is 7.98. The van der Waals surface area contributed by atoms with Gasteiger partial charge in [-0.25, -0.2) is 9.78 Å². The minimum atomic E-state index is -4.62. The number of nitriles is 1. The van der Waals surface area contributed by atoms with Gasteiger partial charge in [-0.15, -0.1) is 11.8 Å². The van der Waals surface area contributed by atoms with Crippen LogP contribution < -0.4 is 0 Å². The Hall–Kier alpha value is -2.53. The third-order valence-electron chi connectivity index (χ3n) is 5.18. The van der Waals surface area contributed by atoms with E-state index in [1.165, 1.54) is 12.1 Å². The number of thioether (sulfide) groups is 1. The number of carboxylic acids is 1. The van der Waals surface area contributed by atoms with Gasteiger partial charge in [0.2, 0.25) is 0 Å². The molecule has 0 spiro atoms. The second-order valence-electron chi connectivity index (χ2n) is 7.01. The summed E-state index contributed by atoms with van der Waals surface area (Å²) in [7, 11) is 0. The first-order chi connectivity index (χ1) is 13.7. The van der Waals surface area contributed by atoms with E-state index in [0.717, 1.165) is 30.2 Å². The number of carboxylic acid groups (broad SMARTS) is 1. The predicted molar refractivity (Wildman–Crippen MR) is 103 cm³/mol. The largest absolute Gasteiger partial charge is 0.478 e. The third-order valence-corrected chi connectivity index (χ3v) is 6.23. The van der Waals surface area contributed by atoms with Gasteiger partial charge in [-0.05, 0) is 48.4 Å². The number of hydrogen-bond donors (Lipinski definition) is 1. The predicted octanol–water partition coefficient (Wildman–Crippen LogP) is 5.48. The summed E-state index contributed by atoms with van der Waals surface area (Å²) in [6.07, 6.45) is -2.26. The van der Waals surface area contributed by atoms with Crippen molar-refractivity contribution in [2.45, 2.75) is 49.6 Å². The Bertz CT molecular complexity index is 966. The molecule has 29 heavy (non-hydrogen) atoms. The lowest BCUT2D eigenvalue weighted by atomic mass is 9.82. The van der Waals surface area contributed by atoms with Crippen molar-refractivity contribution in [2.24, 2.45) is 5.92 Å². The lowest BCUT2D eigenvalue weighted by molar-refractivity contribution is -0.138. The van der Waals surface area contributed by atoms with Crippen molar-refractivity contribution in [3.63, 3.8) is 0 Å². The Balaban J connectivity index is 1.97. The normalized spacial score (nSPS) is 16.2. The number of halogens is 3. The molecule has 152 valence electrons. The number of pyridine rings is 1. The zero-order chi connectivity index (χ0) is 21.2. The van der Waals surface area contributed by atoms with Crippen LogP contribution in [-0.2, 0) is 24.8 Å². The Labute approximate surface area is 170 Å². The van der Waals surface area contributed by atoms with Crippen molar-refractivity contribution in [2.75, 3.05) is 0 Å². The summed E-state index contributed by atoms with van der Waals surface area (Å²) in [6.45, 7) is 1.96. The Morgan fingerprint density at radius 3 is 2.59 bits per heavy atom. The fourth-order valence-electron chi connectivity index (χ4n) is 3.57. The van der Waals surface area contributed by atoms with Crippen molar-refractivity contribution in [3.8, 4) is 6.07 Å². The zero-order valence-electron chi connectivity index (χ0n) is 15.7. The molecule has 0 aliphatic heterocycles. The van der Waals surface area contributed by atoms with Gasteiger partial charge in [-0.2, -0.15) is 18.4 Å². The second-order valence-corrected chi connectivity index (χ2v) is 7.97. The van der Waals surface area contributed by atoms with Crippen LogP contribution in [0, 0.1) is 17.2 Å². The number of carbonyl (C=O) groups is 1. The molecule has 4 nitrogen and oxygen atoms in total. The molecule has 2 aromatic rings. The molecule has 1 aliphatic carbocycles. The summed E-state index contributed by atoms with van der Waals surface area (Å²) >= 11 is 1.07. The van der Waals surface area contributed by atoms with Gasteiger partial charge in [-0.1, -0.05) is 25.5 Å². The van der Waals surface area contributed by atoms with Crippen molar-refractivity contribution in [1.29, 1.82) is 5.26 Å². The van der Waals surface area contributed by atoms with E-state index < -0.39 is 23.3 Å². The molecular formula is C21H19F3N2O2S. The summed E-state index contributed by atoms with van der Waals surface area (Å²) in [4.78, 5) is 15.4. The molecule has 3 rings (SSSR count). The van der Waals surface area contributed by atoms with E-state index in [4.69, 9.17) is 5.11 Å². The van der Waals surface area contributed by atoms with E-state index in [1.807, 2.05) is 6.92 Å². The van der Waals surface area contributed by atoms with Crippen LogP contribution in [-0.4, -0.2) is 16.1 Å². The minimum absolute atomic E-state index is 0.0795. The molecule has 0 amide bonds. The molecule has 0 unspecified atom stereocenters. The molecule has 1 N–H and O–H groups in total. The summed E-state index contributed by atoms with van der Waals surface area (Å²) in [5.41, 5.74) is 0.218. The van der Waals surface area contributed by atoms with E-state index in [1.54, 1.807) is 18.2 Å². The highest BCUT2D eigenvalue weighted by Crippen LogP contribution is 2.42. The molecule has 1 aromatic heterocycles. The molecule has 8 heteroatoms. The number of nitrogens with zero attached hydrogens (tertiary/aromatic N) is 2. The van der Waals surface area contributed by atoms with Crippen LogP contribution in [0.25, 0.3) is 0 Å². The second kappa shape index (κ2) is 8.46. The fraction of sp³-hybridized carbons (Fsp3) is 0.381. The molecule has 0 bridgehead atoms. The van der Waals surface area contributed by atoms with E-state index in [2.05, 4.69) is 4.98 Å². The van der Waals surface area contributed by atoms with Gasteiger partial charge in [0, 0.05) is 11.4 Å². The average molecular weight is 420 g/mol. The van der Waals surface area contributed by atoms with Crippen LogP contribution in [0.1, 0.15) is 58.1 Å². The highest BCUT2D eigenvalue weighted by Gasteiger charge is 2.40. The lowest BCUT2D eigenvalue weighted by Gasteiger charge is -2.27. The summed E-state index contributed by atoms with van der Waals surface area (Å²) in [5, 5.41) is 18.5. The van der Waals surface area contributed by atoms with Crippen LogP contribution >= 0.6 is 11.8 Å². The van der Waals surface area contributed by atoms with E-state index in [0.29, 0.717) is 18.5 Å². The number of aromatic nitrogens is 1. The lowest BCUT2D eigenvalue weighted by Crippen LogP contribution is -2.23. The number of hydrogen-bond acceptors (Lipinski definition) is 4. The Morgan fingerprint density at radius 1 is 1.34 bits per heavy atom. The number of benzene rings is 1. The monoisotopic (exact) mass is 420 g/mol. The fourth-order valence-corrected chi connectivity index (χ4v) is 4.53. The van der Waals surface area contributed by atoms with Crippen molar-refractivity contribution >= 4 is 17.7 Å². The SMILES string of the molecule is CC[C@@H]1CCc2nc(SCc3ccc(C(=O)O)cc3)c(C#N)c(C(F)(F)F)c2C1. The Morgan fingerprint density at radius 2 is 2.03 bits per heavy atom. The van der Waals surface area contributed by atoms with Crippen LogP contribution in [0.2, 0.25) is 0 Å². The molecule has 0 saturated carbocycles. The maximum atomic E-state index is 13.9. The first-order valence-electron chi connectivity index (χ1n) is 9.22. The van der Waals surface area contributed by atoms with Crippen molar-refractivity contribution < 1.29 is 23.1 Å². The topological polar surface area (TPSA) is 74.0 Å².